The van der Waals surface area contributed by atoms with Crippen LogP contribution in [-0.4, -0.2) is 39.5 Å². The van der Waals surface area contributed by atoms with Crippen LogP contribution in [-0.2, 0) is 16.0 Å². The first-order valence-electron chi connectivity index (χ1n) is 8.25. The van der Waals surface area contributed by atoms with Crippen molar-refractivity contribution in [2.75, 3.05) is 6.54 Å². The second-order valence-electron chi connectivity index (χ2n) is 6.11. The normalized spacial score (nSPS) is 17.0. The first kappa shape index (κ1) is 17.5. The Hall–Kier alpha value is -2.34. The van der Waals surface area contributed by atoms with Crippen LogP contribution in [0.4, 0.5) is 0 Å². The average Bonchev–Trinajstić information content (AvgIpc) is 3.22. The van der Waals surface area contributed by atoms with Gasteiger partial charge in [0.1, 0.15) is 0 Å². The van der Waals surface area contributed by atoms with Crippen molar-refractivity contribution >= 4 is 23.5 Å². The second-order valence-corrected chi connectivity index (χ2v) is 6.54. The minimum absolute atomic E-state index is 0.00541. The van der Waals surface area contributed by atoms with Crippen molar-refractivity contribution in [2.24, 2.45) is 0 Å². The van der Waals surface area contributed by atoms with Crippen LogP contribution in [0.5, 0.6) is 0 Å². The number of aromatic nitrogens is 1. The highest BCUT2D eigenvalue weighted by Gasteiger charge is 2.30. The van der Waals surface area contributed by atoms with Gasteiger partial charge in [0.2, 0.25) is 5.91 Å². The number of amides is 1. The van der Waals surface area contributed by atoms with Crippen molar-refractivity contribution in [3.8, 4) is 11.3 Å². The van der Waals surface area contributed by atoms with Gasteiger partial charge in [0.15, 0.2) is 11.7 Å². The Balaban J connectivity index is 1.57. The van der Waals surface area contributed by atoms with Crippen molar-refractivity contribution in [3.05, 3.63) is 41.4 Å². The van der Waals surface area contributed by atoms with E-state index in [2.05, 4.69) is 4.98 Å². The highest BCUT2D eigenvalue weighted by molar-refractivity contribution is 6.30. The van der Waals surface area contributed by atoms with Crippen molar-refractivity contribution in [1.29, 1.82) is 0 Å². The van der Waals surface area contributed by atoms with E-state index in [1.54, 1.807) is 23.2 Å². The number of rotatable bonds is 6. The van der Waals surface area contributed by atoms with Crippen molar-refractivity contribution in [3.63, 3.8) is 0 Å². The van der Waals surface area contributed by atoms with E-state index in [0.717, 1.165) is 18.4 Å². The number of hydrogen-bond donors (Lipinski definition) is 1. The molecule has 1 aromatic heterocycles. The lowest BCUT2D eigenvalue weighted by Gasteiger charge is -2.23. The third-order valence-electron chi connectivity index (χ3n) is 4.34. The molecular weight excluding hydrogens is 344 g/mol. The predicted molar refractivity (Wildman–Crippen MR) is 92.3 cm³/mol. The molecule has 0 saturated carbocycles. The molecule has 6 nitrogen and oxygen atoms in total. The van der Waals surface area contributed by atoms with Crippen LogP contribution >= 0.6 is 11.6 Å². The highest BCUT2D eigenvalue weighted by Crippen LogP contribution is 2.24. The Labute approximate surface area is 150 Å². The third kappa shape index (κ3) is 4.39. The van der Waals surface area contributed by atoms with Crippen LogP contribution in [0.15, 0.2) is 34.9 Å². The maximum Gasteiger partial charge on any atom is 0.305 e. The summed E-state index contributed by atoms with van der Waals surface area (Å²) in [5, 5.41) is 9.59. The van der Waals surface area contributed by atoms with Crippen LogP contribution in [0.2, 0.25) is 5.02 Å². The van der Waals surface area contributed by atoms with Gasteiger partial charge < -0.3 is 14.4 Å². The van der Waals surface area contributed by atoms with Crippen LogP contribution < -0.4 is 0 Å². The summed E-state index contributed by atoms with van der Waals surface area (Å²) < 4.78 is 5.69. The highest BCUT2D eigenvalue weighted by atomic mass is 35.5. The number of oxazole rings is 1. The number of halogens is 1. The lowest BCUT2D eigenvalue weighted by molar-refractivity contribution is -0.139. The third-order valence-corrected chi connectivity index (χ3v) is 4.59. The number of hydrogen-bond acceptors (Lipinski definition) is 4. The molecule has 1 aliphatic heterocycles. The Kier molecular flexibility index (Phi) is 5.38. The molecule has 1 atom stereocenters. The maximum absolute atomic E-state index is 12.4. The summed E-state index contributed by atoms with van der Waals surface area (Å²) in [5.74, 6) is 0.205. The predicted octanol–water partition coefficient (Wildman–Crippen LogP) is 3.39. The molecule has 1 fully saturated rings. The van der Waals surface area contributed by atoms with E-state index in [0.29, 0.717) is 29.6 Å². The fourth-order valence-electron chi connectivity index (χ4n) is 3.11. The monoisotopic (exact) mass is 362 g/mol. The Morgan fingerprint density at radius 2 is 2.08 bits per heavy atom. The molecule has 0 bridgehead atoms. The number of aliphatic carboxylic acids is 1. The Morgan fingerprint density at radius 1 is 1.32 bits per heavy atom. The fraction of sp³-hybridized carbons (Fsp3) is 0.389. The summed E-state index contributed by atoms with van der Waals surface area (Å²) in [4.78, 5) is 29.2. The number of carbonyl (C=O) groups excluding carboxylic acids is 1. The molecule has 1 saturated heterocycles. The molecule has 0 radical (unpaired) electrons. The summed E-state index contributed by atoms with van der Waals surface area (Å²) in [6, 6.07) is 7.05. The molecule has 3 rings (SSSR count). The van der Waals surface area contributed by atoms with Crippen LogP contribution in [0, 0.1) is 0 Å². The van der Waals surface area contributed by atoms with E-state index in [9.17, 15) is 9.59 Å². The van der Waals surface area contributed by atoms with Gasteiger partial charge in [-0.25, -0.2) is 4.98 Å². The maximum atomic E-state index is 12.4. The summed E-state index contributed by atoms with van der Waals surface area (Å²) in [5.41, 5.74) is 0.871. The molecule has 0 aliphatic carbocycles. The van der Waals surface area contributed by atoms with Gasteiger partial charge in [-0.3, -0.25) is 9.59 Å². The topological polar surface area (TPSA) is 83.6 Å². The number of carboxylic acid groups (broad SMARTS) is 1. The molecule has 7 heteroatoms. The number of carbonyl (C=O) groups is 2. The zero-order valence-electron chi connectivity index (χ0n) is 13.7. The van der Waals surface area contributed by atoms with E-state index in [4.69, 9.17) is 21.1 Å². The quantitative estimate of drug-likeness (QED) is 0.851. The summed E-state index contributed by atoms with van der Waals surface area (Å²) in [7, 11) is 0. The minimum atomic E-state index is -0.870. The molecule has 1 unspecified atom stereocenters. The minimum Gasteiger partial charge on any atom is -0.481 e. The molecule has 2 aromatic rings. The molecule has 1 amide bonds. The Morgan fingerprint density at radius 3 is 2.80 bits per heavy atom. The second kappa shape index (κ2) is 7.70. The molecule has 1 N–H and O–H groups in total. The van der Waals surface area contributed by atoms with Crippen molar-refractivity contribution < 1.29 is 19.1 Å². The smallest absolute Gasteiger partial charge is 0.305 e. The summed E-state index contributed by atoms with van der Waals surface area (Å²) in [6.07, 6.45) is 3.89. The van der Waals surface area contributed by atoms with Gasteiger partial charge in [-0.1, -0.05) is 11.6 Å². The number of carboxylic acids is 1. The van der Waals surface area contributed by atoms with Gasteiger partial charge in [0.25, 0.3) is 0 Å². The number of benzene rings is 1. The van der Waals surface area contributed by atoms with E-state index >= 15 is 0 Å². The SMILES string of the molecule is O=C(O)CC1CCCN1C(=O)CCc1ncc(-c2ccc(Cl)cc2)o1. The fourth-order valence-corrected chi connectivity index (χ4v) is 3.23. The summed E-state index contributed by atoms with van der Waals surface area (Å²) in [6.45, 7) is 0.623. The Bertz CT molecular complexity index is 757. The van der Waals surface area contributed by atoms with Gasteiger partial charge >= 0.3 is 5.97 Å². The van der Waals surface area contributed by atoms with Crippen molar-refractivity contribution in [2.45, 2.75) is 38.1 Å². The average molecular weight is 363 g/mol. The molecule has 1 aromatic carbocycles. The van der Waals surface area contributed by atoms with Crippen LogP contribution in [0.3, 0.4) is 0 Å². The molecule has 1 aliphatic rings. The molecular formula is C18H19ClN2O4. The lowest BCUT2D eigenvalue weighted by atomic mass is 10.1. The lowest BCUT2D eigenvalue weighted by Crippen LogP contribution is -2.36. The van der Waals surface area contributed by atoms with E-state index in [1.165, 1.54) is 0 Å². The van der Waals surface area contributed by atoms with Gasteiger partial charge in [0, 0.05) is 36.0 Å². The number of likely N-dealkylation sites (tertiary alicyclic amines) is 1. The zero-order chi connectivity index (χ0) is 17.8. The van der Waals surface area contributed by atoms with Crippen LogP contribution in [0.25, 0.3) is 11.3 Å². The van der Waals surface area contributed by atoms with E-state index in [-0.39, 0.29) is 24.8 Å². The first-order chi connectivity index (χ1) is 12.0. The molecule has 132 valence electrons. The van der Waals surface area contributed by atoms with Gasteiger partial charge in [-0.05, 0) is 37.1 Å². The zero-order valence-corrected chi connectivity index (χ0v) is 14.4. The largest absolute Gasteiger partial charge is 0.481 e. The molecule has 0 spiro atoms. The summed E-state index contributed by atoms with van der Waals surface area (Å²) >= 11 is 5.87. The van der Waals surface area contributed by atoms with Gasteiger partial charge in [-0.2, -0.15) is 0 Å². The standard InChI is InChI=1S/C18H19ClN2O4/c19-13-5-3-12(4-6-13)15-11-20-16(25-15)7-8-17(22)21-9-1-2-14(21)10-18(23)24/h3-6,11,14H,1-2,7-10H2,(H,23,24). The first-order valence-corrected chi connectivity index (χ1v) is 8.62. The van der Waals surface area contributed by atoms with Crippen LogP contribution in [0.1, 0.15) is 31.6 Å². The van der Waals surface area contributed by atoms with E-state index in [1.807, 2.05) is 12.1 Å². The molecule has 2 heterocycles. The van der Waals surface area contributed by atoms with Crippen molar-refractivity contribution in [1.82, 2.24) is 9.88 Å². The van der Waals surface area contributed by atoms with E-state index < -0.39 is 5.97 Å². The molecule has 25 heavy (non-hydrogen) atoms. The van der Waals surface area contributed by atoms with Gasteiger partial charge in [-0.15, -0.1) is 0 Å². The number of aryl methyl sites for hydroxylation is 1. The van der Waals surface area contributed by atoms with Gasteiger partial charge in [0.05, 0.1) is 12.6 Å². The number of nitrogens with zero attached hydrogens (tertiary/aromatic N) is 2.